The van der Waals surface area contributed by atoms with Crippen molar-refractivity contribution >= 4 is 38.7 Å². The lowest BCUT2D eigenvalue weighted by atomic mass is 9.63. The van der Waals surface area contributed by atoms with Gasteiger partial charge in [-0.3, -0.25) is 9.59 Å². The first kappa shape index (κ1) is 48.4. The third-order valence-corrected chi connectivity index (χ3v) is 19.7. The highest BCUT2D eigenvalue weighted by Gasteiger charge is 2.56. The Morgan fingerprint density at radius 2 is 1.43 bits per heavy atom. The molecule has 1 saturated carbocycles. The summed E-state index contributed by atoms with van der Waals surface area (Å²) >= 11 is 0. The zero-order valence-electron chi connectivity index (χ0n) is 38.3. The molecular formula is C49H76O9Si2. The van der Waals surface area contributed by atoms with Gasteiger partial charge >= 0.3 is 11.9 Å². The summed E-state index contributed by atoms with van der Waals surface area (Å²) in [7, 11) is -3.78. The van der Waals surface area contributed by atoms with Gasteiger partial charge in [-0.15, -0.1) is 0 Å². The van der Waals surface area contributed by atoms with Crippen LogP contribution >= 0.6 is 0 Å². The number of carbonyl (C=O) groups is 2. The topological polar surface area (TPSA) is 98.8 Å². The molecular weight excluding hydrogens is 789 g/mol. The van der Waals surface area contributed by atoms with Crippen LogP contribution in [0.25, 0.3) is 0 Å². The highest BCUT2D eigenvalue weighted by Crippen LogP contribution is 2.56. The number of ether oxygens (including phenoxy) is 6. The second-order valence-corrected chi connectivity index (χ2v) is 29.7. The maximum Gasteiger partial charge on any atom is 0.303 e. The van der Waals surface area contributed by atoms with E-state index in [1.54, 1.807) is 0 Å². The van der Waals surface area contributed by atoms with E-state index in [0.29, 0.717) is 52.3 Å². The van der Waals surface area contributed by atoms with Gasteiger partial charge in [-0.25, -0.2) is 0 Å². The normalized spacial score (nSPS) is 25.8. The van der Waals surface area contributed by atoms with E-state index in [-0.39, 0.29) is 53.9 Å². The van der Waals surface area contributed by atoms with Crippen LogP contribution in [0.3, 0.4) is 0 Å². The van der Waals surface area contributed by atoms with Gasteiger partial charge in [-0.2, -0.15) is 0 Å². The Morgan fingerprint density at radius 3 is 2.03 bits per heavy atom. The van der Waals surface area contributed by atoms with E-state index in [1.807, 2.05) is 6.92 Å². The van der Waals surface area contributed by atoms with Gasteiger partial charge in [0.1, 0.15) is 19.0 Å². The van der Waals surface area contributed by atoms with Crippen molar-refractivity contribution in [1.82, 2.24) is 0 Å². The average Bonchev–Trinajstić information content (AvgIpc) is 3.56. The molecule has 0 N–H and O–H groups in total. The highest BCUT2D eigenvalue weighted by molar-refractivity contribution is 6.99. The fourth-order valence-electron chi connectivity index (χ4n) is 10.2. The fourth-order valence-corrected chi connectivity index (χ4v) is 15.6. The van der Waals surface area contributed by atoms with Gasteiger partial charge in [0.05, 0.1) is 6.61 Å². The number of allylic oxidation sites excluding steroid dienone is 1. The highest BCUT2D eigenvalue weighted by atomic mass is 28.4. The molecule has 7 atom stereocenters. The average molecular weight is 865 g/mol. The van der Waals surface area contributed by atoms with Crippen LogP contribution in [0.4, 0.5) is 0 Å². The summed E-state index contributed by atoms with van der Waals surface area (Å²) < 4.78 is 43.9. The monoisotopic (exact) mass is 865 g/mol. The summed E-state index contributed by atoms with van der Waals surface area (Å²) in [6.45, 7) is 22.2. The largest absolute Gasteiger partial charge is 0.463 e. The molecule has 9 nitrogen and oxygen atoms in total. The minimum Gasteiger partial charge on any atom is -0.463 e. The van der Waals surface area contributed by atoms with Gasteiger partial charge in [-0.05, 0) is 77.9 Å². The number of esters is 2. The summed E-state index contributed by atoms with van der Waals surface area (Å²) in [6, 6.07) is 22.8. The van der Waals surface area contributed by atoms with Gasteiger partial charge in [0.15, 0.2) is 6.29 Å². The van der Waals surface area contributed by atoms with Crippen LogP contribution in [0.5, 0.6) is 0 Å². The van der Waals surface area contributed by atoms with Crippen molar-refractivity contribution in [2.75, 3.05) is 39.8 Å². The van der Waals surface area contributed by atoms with E-state index in [2.05, 4.69) is 107 Å². The van der Waals surface area contributed by atoms with E-state index < -0.39 is 27.9 Å². The number of rotatable bonds is 22. The molecule has 2 aromatic rings. The van der Waals surface area contributed by atoms with Crippen LogP contribution in [-0.4, -0.2) is 86.7 Å². The molecule has 0 aromatic heterocycles. The van der Waals surface area contributed by atoms with Gasteiger partial charge in [0, 0.05) is 66.1 Å². The van der Waals surface area contributed by atoms with E-state index >= 15 is 0 Å². The molecule has 2 fully saturated rings. The smallest absolute Gasteiger partial charge is 0.303 e. The molecule has 334 valence electrons. The van der Waals surface area contributed by atoms with Crippen molar-refractivity contribution < 1.29 is 42.4 Å². The minimum absolute atomic E-state index is 0.0370. The third kappa shape index (κ3) is 12.7. The van der Waals surface area contributed by atoms with Gasteiger partial charge in [0.25, 0.3) is 8.32 Å². The SMILES string of the molecule is CCOC1C[C@@]2(CO1)C[C@H](OC(C)=O)C[C@H]1[C@H](CCOCOCC[Si](C)(C)C)[C@@H](CCCCCCO[Si](c3ccccc3)(c3ccccc3)C(C)(C)C)C=C2[C@@H]1OC(C)=O. The number of hydrogen-bond acceptors (Lipinski definition) is 9. The lowest BCUT2D eigenvalue weighted by Gasteiger charge is -2.44. The maximum atomic E-state index is 12.8. The molecule has 60 heavy (non-hydrogen) atoms. The zero-order valence-corrected chi connectivity index (χ0v) is 40.3. The van der Waals surface area contributed by atoms with Gasteiger partial charge in [0.2, 0.25) is 0 Å². The third-order valence-electron chi connectivity index (χ3n) is 13.0. The van der Waals surface area contributed by atoms with Crippen LogP contribution in [0.15, 0.2) is 72.3 Å². The fraction of sp³-hybridized carbons (Fsp3) is 0.673. The van der Waals surface area contributed by atoms with E-state index in [9.17, 15) is 9.59 Å². The summed E-state index contributed by atoms with van der Waals surface area (Å²) in [5, 5.41) is 2.57. The summed E-state index contributed by atoms with van der Waals surface area (Å²) in [6.07, 6.45) is 9.18. The first-order valence-corrected chi connectivity index (χ1v) is 28.4. The molecule has 2 aromatic carbocycles. The number of carbonyl (C=O) groups excluding carboxylic acids is 2. The Bertz CT molecular complexity index is 1620. The minimum atomic E-state index is -2.58. The lowest BCUT2D eigenvalue weighted by molar-refractivity contribution is -0.153. The van der Waals surface area contributed by atoms with Crippen molar-refractivity contribution in [2.45, 2.75) is 149 Å². The Labute approximate surface area is 363 Å². The molecule has 1 unspecified atom stereocenters. The van der Waals surface area contributed by atoms with Crippen LogP contribution in [0.2, 0.25) is 30.7 Å². The molecule has 11 heteroatoms. The molecule has 3 aliphatic rings. The second kappa shape index (κ2) is 22.1. The van der Waals surface area contributed by atoms with Gasteiger partial charge < -0.3 is 32.8 Å². The second-order valence-electron chi connectivity index (χ2n) is 19.7. The van der Waals surface area contributed by atoms with E-state index in [0.717, 1.165) is 50.1 Å². The Hall–Kier alpha value is -2.65. The molecule has 1 aliphatic heterocycles. The van der Waals surface area contributed by atoms with Crippen molar-refractivity contribution in [3.63, 3.8) is 0 Å². The summed E-state index contributed by atoms with van der Waals surface area (Å²) in [5.74, 6) is -0.236. The maximum absolute atomic E-state index is 12.8. The zero-order chi connectivity index (χ0) is 43.4. The predicted molar refractivity (Wildman–Crippen MR) is 244 cm³/mol. The number of fused-ring (bicyclic) bond motifs is 3. The molecule has 2 bridgehead atoms. The molecule has 1 saturated heterocycles. The Balaban J connectivity index is 1.33. The van der Waals surface area contributed by atoms with E-state index in [4.69, 9.17) is 32.8 Å². The number of hydrogen-bond donors (Lipinski definition) is 0. The quantitative estimate of drug-likeness (QED) is 0.0377. The molecule has 2 aliphatic carbocycles. The van der Waals surface area contributed by atoms with Crippen molar-refractivity contribution in [2.24, 2.45) is 23.2 Å². The van der Waals surface area contributed by atoms with Crippen LogP contribution < -0.4 is 10.4 Å². The van der Waals surface area contributed by atoms with Crippen molar-refractivity contribution in [3.05, 3.63) is 72.3 Å². The Morgan fingerprint density at radius 1 is 0.800 bits per heavy atom. The summed E-state index contributed by atoms with van der Waals surface area (Å²) in [5.41, 5.74) is 0.659. The van der Waals surface area contributed by atoms with Crippen LogP contribution in [-0.2, 0) is 42.4 Å². The lowest BCUT2D eigenvalue weighted by Crippen LogP contribution is -2.66. The van der Waals surface area contributed by atoms with Gasteiger partial charge in [-0.1, -0.05) is 126 Å². The number of benzene rings is 2. The molecule has 0 amide bonds. The van der Waals surface area contributed by atoms with Crippen LogP contribution in [0, 0.1) is 23.2 Å². The first-order chi connectivity index (χ1) is 28.6. The Kier molecular flexibility index (Phi) is 17.8. The molecule has 5 rings (SSSR count). The standard InChI is InChI=1S/C49H76O9Si2/c1-10-54-46-34-49(35-55-46)33-40(57-37(2)50)32-44-43(26-28-52-36-53-29-30-59(7,8)9)39(31-45(49)47(44)58-38(3)51)21-15-11-12-20-27-56-60(48(4,5)6,41-22-16-13-17-23-41)42-24-18-14-19-25-42/h13-14,16-19,22-25,31,39-40,43-44,46-47H,10-12,15,20-21,26-30,32-36H2,1-9H3/t39-,40+,43+,44-,46?,47+,49+/m0/s1. The molecule has 1 spiro atoms. The van der Waals surface area contributed by atoms with E-state index in [1.165, 1.54) is 24.2 Å². The predicted octanol–water partition coefficient (Wildman–Crippen LogP) is 9.45. The first-order valence-electron chi connectivity index (χ1n) is 22.8. The molecule has 1 heterocycles. The van der Waals surface area contributed by atoms with Crippen LogP contribution in [0.1, 0.15) is 99.3 Å². The summed E-state index contributed by atoms with van der Waals surface area (Å²) in [4.78, 5) is 25.4. The van der Waals surface area contributed by atoms with Crippen molar-refractivity contribution in [1.29, 1.82) is 0 Å². The van der Waals surface area contributed by atoms with Crippen molar-refractivity contribution in [3.8, 4) is 0 Å². The number of unbranched alkanes of at least 4 members (excludes halogenated alkanes) is 3. The molecule has 0 radical (unpaired) electrons.